The summed E-state index contributed by atoms with van der Waals surface area (Å²) in [5.74, 6) is 5.52. The summed E-state index contributed by atoms with van der Waals surface area (Å²) in [6.07, 6.45) is 2.85. The Kier molecular flexibility index (Phi) is 7.06. The molecule has 3 rings (SSSR count). The molecule has 166 valence electrons. The number of carbonyl (C=O) groups excluding carboxylic acids is 2. The lowest BCUT2D eigenvalue weighted by atomic mass is 9.62. The highest BCUT2D eigenvalue weighted by atomic mass is 16.5. The molecule has 0 aromatic heterocycles. The van der Waals surface area contributed by atoms with Crippen LogP contribution in [0.15, 0.2) is 24.4 Å². The van der Waals surface area contributed by atoms with E-state index in [9.17, 15) is 9.59 Å². The molecule has 2 fully saturated rings. The predicted octanol–water partition coefficient (Wildman–Crippen LogP) is 4.71. The van der Waals surface area contributed by atoms with Crippen molar-refractivity contribution in [2.45, 2.75) is 72.3 Å². The van der Waals surface area contributed by atoms with E-state index in [4.69, 9.17) is 4.74 Å². The second-order valence-corrected chi connectivity index (χ2v) is 9.53. The smallest absolute Gasteiger partial charge is 0.148 e. The van der Waals surface area contributed by atoms with Crippen LogP contribution in [0.1, 0.15) is 74.6 Å². The quantitative estimate of drug-likeness (QED) is 0.510. The van der Waals surface area contributed by atoms with Crippen LogP contribution in [-0.2, 0) is 14.3 Å². The maximum Gasteiger partial charge on any atom is 0.148 e. The summed E-state index contributed by atoms with van der Waals surface area (Å²) in [4.78, 5) is 28.8. The van der Waals surface area contributed by atoms with Crippen molar-refractivity contribution >= 4 is 11.6 Å². The van der Waals surface area contributed by atoms with Crippen LogP contribution < -0.4 is 0 Å². The summed E-state index contributed by atoms with van der Waals surface area (Å²) in [6.45, 7) is 16.2. The van der Waals surface area contributed by atoms with Gasteiger partial charge in [-0.25, -0.2) is 0 Å². The summed E-state index contributed by atoms with van der Waals surface area (Å²) in [7, 11) is 0. The van der Waals surface area contributed by atoms with Crippen LogP contribution in [0.2, 0.25) is 0 Å². The van der Waals surface area contributed by atoms with Crippen LogP contribution in [0.3, 0.4) is 0 Å². The maximum atomic E-state index is 13.3. The van der Waals surface area contributed by atoms with Crippen molar-refractivity contribution in [2.24, 2.45) is 5.41 Å². The first-order chi connectivity index (χ1) is 14.7. The topological polar surface area (TPSA) is 46.6 Å². The first-order valence-electron chi connectivity index (χ1n) is 11.3. The third kappa shape index (κ3) is 5.10. The number of aryl methyl sites for hydroxylation is 2. The Morgan fingerprint density at radius 3 is 2.19 bits per heavy atom. The van der Waals surface area contributed by atoms with Crippen molar-refractivity contribution < 1.29 is 14.3 Å². The van der Waals surface area contributed by atoms with Crippen molar-refractivity contribution in [1.29, 1.82) is 0 Å². The van der Waals surface area contributed by atoms with Gasteiger partial charge in [-0.15, -0.1) is 5.92 Å². The highest BCUT2D eigenvalue weighted by Crippen LogP contribution is 2.47. The van der Waals surface area contributed by atoms with Gasteiger partial charge in [0.05, 0.1) is 12.7 Å². The normalized spacial score (nSPS) is 19.0. The van der Waals surface area contributed by atoms with Gasteiger partial charge in [0.2, 0.25) is 0 Å². The number of ether oxygens (including phenoxy) is 1. The number of ketones is 2. The van der Waals surface area contributed by atoms with Crippen LogP contribution >= 0.6 is 0 Å². The molecule has 31 heavy (non-hydrogen) atoms. The number of rotatable bonds is 5. The van der Waals surface area contributed by atoms with Crippen molar-refractivity contribution in [1.82, 2.24) is 4.90 Å². The number of hydrogen-bond acceptors (Lipinski definition) is 4. The molecule has 1 aliphatic carbocycles. The number of likely N-dealkylation sites (tertiary alicyclic amines) is 1. The summed E-state index contributed by atoms with van der Waals surface area (Å²) < 4.78 is 5.68. The Bertz CT molecular complexity index is 896. The van der Waals surface area contributed by atoms with Gasteiger partial charge in [-0.05, 0) is 81.7 Å². The minimum atomic E-state index is -0.623. The average molecular weight is 422 g/mol. The summed E-state index contributed by atoms with van der Waals surface area (Å²) in [6, 6.07) is 3.99. The van der Waals surface area contributed by atoms with Crippen LogP contribution in [0.5, 0.6) is 0 Å². The first-order valence-corrected chi connectivity index (χ1v) is 11.3. The van der Waals surface area contributed by atoms with E-state index >= 15 is 0 Å². The lowest BCUT2D eigenvalue weighted by molar-refractivity contribution is -0.138. The highest BCUT2D eigenvalue weighted by Gasteiger charge is 2.47. The van der Waals surface area contributed by atoms with Crippen LogP contribution in [0, 0.1) is 31.1 Å². The van der Waals surface area contributed by atoms with E-state index in [0.717, 1.165) is 53.9 Å². The number of piperidine rings is 1. The Morgan fingerprint density at radius 2 is 1.71 bits per heavy atom. The lowest BCUT2D eigenvalue weighted by Crippen LogP contribution is -2.47. The molecule has 1 spiro atoms. The second kappa shape index (κ2) is 9.40. The van der Waals surface area contributed by atoms with Crippen LogP contribution in [-0.4, -0.2) is 42.3 Å². The van der Waals surface area contributed by atoms with E-state index in [1.165, 1.54) is 0 Å². The van der Waals surface area contributed by atoms with E-state index in [0.29, 0.717) is 19.4 Å². The van der Waals surface area contributed by atoms with E-state index in [-0.39, 0.29) is 23.1 Å². The summed E-state index contributed by atoms with van der Waals surface area (Å²) in [5.41, 5.74) is 4.57. The molecular weight excluding hydrogens is 386 g/mol. The standard InChI is InChI=1S/C27H35NO3/c1-7-8-22-13-19(4)25(20(5)14-22)26-23(29)15-27(16-24(26)30)9-11-28(12-10-27)21(6)17-31-18(2)3/h13-14,18,26H,6,9-12,15-17H2,1-5H3. The van der Waals surface area contributed by atoms with Gasteiger partial charge in [-0.2, -0.15) is 0 Å². The molecular formula is C27H35NO3. The largest absolute Gasteiger partial charge is 0.373 e. The molecule has 0 bridgehead atoms. The molecule has 1 aliphatic heterocycles. The Hall–Kier alpha value is -2.38. The summed E-state index contributed by atoms with van der Waals surface area (Å²) in [5, 5.41) is 0. The number of benzene rings is 1. The molecule has 2 aliphatic rings. The monoisotopic (exact) mass is 421 g/mol. The van der Waals surface area contributed by atoms with Gasteiger partial charge in [0.25, 0.3) is 0 Å². The van der Waals surface area contributed by atoms with Gasteiger partial charge in [0, 0.05) is 37.2 Å². The molecule has 1 saturated carbocycles. The van der Waals surface area contributed by atoms with Gasteiger partial charge in [-0.3, -0.25) is 9.59 Å². The van der Waals surface area contributed by atoms with Gasteiger partial charge in [0.15, 0.2) is 0 Å². The number of hydrogen-bond donors (Lipinski definition) is 0. The van der Waals surface area contributed by atoms with Crippen molar-refractivity contribution in [3.8, 4) is 11.8 Å². The van der Waals surface area contributed by atoms with E-state index in [1.807, 2.05) is 46.8 Å². The zero-order valence-electron chi connectivity index (χ0n) is 19.6. The molecule has 1 saturated heterocycles. The summed E-state index contributed by atoms with van der Waals surface area (Å²) >= 11 is 0. The third-order valence-electron chi connectivity index (χ3n) is 6.75. The van der Waals surface area contributed by atoms with Crippen LogP contribution in [0.25, 0.3) is 0 Å². The fraction of sp³-hybridized carbons (Fsp3) is 0.556. The SMILES string of the molecule is C=C(COC(C)C)N1CCC2(CC1)CC(=O)C(c1c(C)cc(C#CC)cc1C)C(=O)C2. The van der Waals surface area contributed by atoms with E-state index in [1.54, 1.807) is 0 Å². The molecule has 0 atom stereocenters. The van der Waals surface area contributed by atoms with Crippen molar-refractivity contribution in [2.75, 3.05) is 19.7 Å². The first kappa shape index (κ1) is 23.3. The van der Waals surface area contributed by atoms with Gasteiger partial charge < -0.3 is 9.64 Å². The molecule has 4 heteroatoms. The Labute approximate surface area is 187 Å². The van der Waals surface area contributed by atoms with E-state index < -0.39 is 5.92 Å². The molecule has 1 heterocycles. The molecule has 1 aromatic rings. The maximum absolute atomic E-state index is 13.3. The number of carbonyl (C=O) groups is 2. The molecule has 0 radical (unpaired) electrons. The van der Waals surface area contributed by atoms with Gasteiger partial charge in [-0.1, -0.05) is 12.5 Å². The van der Waals surface area contributed by atoms with Crippen molar-refractivity contribution in [3.05, 3.63) is 46.7 Å². The van der Waals surface area contributed by atoms with E-state index in [2.05, 4.69) is 23.3 Å². The fourth-order valence-corrected chi connectivity index (χ4v) is 5.16. The minimum Gasteiger partial charge on any atom is -0.373 e. The molecule has 0 N–H and O–H groups in total. The average Bonchev–Trinajstić information content (AvgIpc) is 2.68. The number of nitrogens with zero attached hydrogens (tertiary/aromatic N) is 1. The zero-order valence-corrected chi connectivity index (χ0v) is 19.6. The van der Waals surface area contributed by atoms with Crippen molar-refractivity contribution in [3.63, 3.8) is 0 Å². The van der Waals surface area contributed by atoms with Gasteiger partial charge in [0.1, 0.15) is 17.5 Å². The molecule has 0 unspecified atom stereocenters. The van der Waals surface area contributed by atoms with Gasteiger partial charge >= 0.3 is 0 Å². The Morgan fingerprint density at radius 1 is 1.16 bits per heavy atom. The second-order valence-electron chi connectivity index (χ2n) is 9.53. The molecule has 0 amide bonds. The lowest BCUT2D eigenvalue weighted by Gasteiger charge is -2.46. The molecule has 1 aromatic carbocycles. The number of Topliss-reactive ketones (excluding diaryl/α,β-unsaturated/α-hetero) is 2. The zero-order chi connectivity index (χ0) is 22.8. The van der Waals surface area contributed by atoms with Crippen LogP contribution in [0.4, 0.5) is 0 Å². The minimum absolute atomic E-state index is 0.0761. The fourth-order valence-electron chi connectivity index (χ4n) is 5.16. The molecule has 4 nitrogen and oxygen atoms in total. The predicted molar refractivity (Wildman–Crippen MR) is 124 cm³/mol. The third-order valence-corrected chi connectivity index (χ3v) is 6.75. The highest BCUT2D eigenvalue weighted by molar-refractivity contribution is 6.10. The Balaban J connectivity index is 1.71.